The summed E-state index contributed by atoms with van der Waals surface area (Å²) in [4.78, 5) is 21.3. The Morgan fingerprint density at radius 1 is 1.13 bits per heavy atom. The first-order valence-electron chi connectivity index (χ1n) is 12.0. The lowest BCUT2D eigenvalue weighted by Crippen LogP contribution is -2.23. The summed E-state index contributed by atoms with van der Waals surface area (Å²) in [6.45, 7) is 1.65. The predicted octanol–water partition coefficient (Wildman–Crippen LogP) is 4.94. The molecule has 6 rings (SSSR count). The number of fused-ring (bicyclic) bond motifs is 1. The lowest BCUT2D eigenvalue weighted by atomic mass is 10.0. The van der Waals surface area contributed by atoms with E-state index in [0.29, 0.717) is 46.1 Å². The van der Waals surface area contributed by atoms with Crippen molar-refractivity contribution >= 4 is 34.7 Å². The van der Waals surface area contributed by atoms with Gasteiger partial charge in [-0.2, -0.15) is 4.68 Å². The van der Waals surface area contributed by atoms with Crippen LogP contribution in [0.4, 0.5) is 5.69 Å². The fourth-order valence-corrected chi connectivity index (χ4v) is 5.33. The van der Waals surface area contributed by atoms with Gasteiger partial charge < -0.3 is 20.1 Å². The van der Waals surface area contributed by atoms with E-state index in [-0.39, 0.29) is 11.6 Å². The van der Waals surface area contributed by atoms with Gasteiger partial charge in [-0.15, -0.1) is 5.10 Å². The molecule has 3 N–H and O–H groups in total. The van der Waals surface area contributed by atoms with E-state index in [1.807, 2.05) is 36.4 Å². The van der Waals surface area contributed by atoms with Crippen LogP contribution in [0.5, 0.6) is 0 Å². The molecule has 1 aliphatic rings. The maximum atomic E-state index is 13.5. The number of hydrogen-bond donors (Lipinski definition) is 3. The van der Waals surface area contributed by atoms with Crippen LogP contribution in [-0.2, 0) is 6.42 Å². The SMILES string of the molecule is C/C(=N\O)Nc1ccc(-c2nc(Cl)c([C@@H]3CCc4cc(-c5cc(Cl)ccc5-n5cnnn5)cc(=O)n43)[nH]2)cc1. The van der Waals surface area contributed by atoms with Gasteiger partial charge in [0.15, 0.2) is 5.15 Å². The van der Waals surface area contributed by atoms with Gasteiger partial charge in [0, 0.05) is 33.6 Å². The summed E-state index contributed by atoms with van der Waals surface area (Å²) in [6.07, 6.45) is 2.87. The Labute approximate surface area is 231 Å². The van der Waals surface area contributed by atoms with Crippen molar-refractivity contribution in [2.75, 3.05) is 5.32 Å². The number of imidazole rings is 1. The van der Waals surface area contributed by atoms with Gasteiger partial charge in [0.2, 0.25) is 0 Å². The number of nitrogens with one attached hydrogen (secondary N) is 2. The molecule has 4 heterocycles. The molecule has 0 spiro atoms. The second-order valence-electron chi connectivity index (χ2n) is 9.09. The van der Waals surface area contributed by atoms with Gasteiger partial charge in [0.05, 0.1) is 17.4 Å². The average Bonchev–Trinajstić information content (AvgIpc) is 3.69. The Balaban J connectivity index is 1.34. The van der Waals surface area contributed by atoms with Crippen LogP contribution in [0.1, 0.15) is 30.8 Å². The van der Waals surface area contributed by atoms with Crippen molar-refractivity contribution in [1.29, 1.82) is 0 Å². The minimum atomic E-state index is -0.280. The van der Waals surface area contributed by atoms with Crippen LogP contribution in [0, 0.1) is 0 Å². The minimum absolute atomic E-state index is 0.156. The van der Waals surface area contributed by atoms with Crippen LogP contribution in [0.25, 0.3) is 28.2 Å². The largest absolute Gasteiger partial charge is 0.409 e. The number of anilines is 1. The second-order valence-corrected chi connectivity index (χ2v) is 9.89. The number of hydrogen-bond acceptors (Lipinski definition) is 7. The molecule has 0 saturated carbocycles. The summed E-state index contributed by atoms with van der Waals surface area (Å²) in [6, 6.07) is 16.1. The fraction of sp³-hybridized carbons (Fsp3) is 0.154. The van der Waals surface area contributed by atoms with Crippen molar-refractivity contribution in [2.45, 2.75) is 25.8 Å². The third kappa shape index (κ3) is 4.66. The number of benzene rings is 2. The third-order valence-corrected chi connectivity index (χ3v) is 7.17. The van der Waals surface area contributed by atoms with Gasteiger partial charge in [-0.05, 0) is 84.3 Å². The number of aromatic nitrogens is 7. The zero-order valence-electron chi connectivity index (χ0n) is 20.5. The smallest absolute Gasteiger partial charge is 0.251 e. The van der Waals surface area contributed by atoms with E-state index in [1.54, 1.807) is 29.7 Å². The highest BCUT2D eigenvalue weighted by molar-refractivity contribution is 6.31. The number of pyridine rings is 1. The first-order chi connectivity index (χ1) is 18.9. The maximum Gasteiger partial charge on any atom is 0.251 e. The van der Waals surface area contributed by atoms with E-state index in [1.165, 1.54) is 11.0 Å². The molecule has 0 bridgehead atoms. The zero-order chi connectivity index (χ0) is 27.1. The van der Waals surface area contributed by atoms with E-state index in [9.17, 15) is 4.79 Å². The Hall–Kier alpha value is -4.48. The van der Waals surface area contributed by atoms with Gasteiger partial charge >= 0.3 is 0 Å². The van der Waals surface area contributed by atoms with E-state index < -0.39 is 0 Å². The Morgan fingerprint density at radius 3 is 2.69 bits per heavy atom. The fourth-order valence-electron chi connectivity index (χ4n) is 4.90. The summed E-state index contributed by atoms with van der Waals surface area (Å²) in [5.41, 5.74) is 5.19. The number of amidine groups is 1. The van der Waals surface area contributed by atoms with Crippen molar-refractivity contribution in [3.05, 3.63) is 92.8 Å². The molecule has 0 radical (unpaired) electrons. The number of rotatable bonds is 5. The molecule has 1 aliphatic heterocycles. The summed E-state index contributed by atoms with van der Waals surface area (Å²) in [7, 11) is 0. The van der Waals surface area contributed by atoms with Gasteiger partial charge in [0.1, 0.15) is 18.0 Å². The van der Waals surface area contributed by atoms with Crippen LogP contribution >= 0.6 is 23.2 Å². The number of H-pyrrole nitrogens is 1. The topological polar surface area (TPSA) is 139 Å². The van der Waals surface area contributed by atoms with Crippen LogP contribution < -0.4 is 10.9 Å². The second kappa shape index (κ2) is 10.0. The van der Waals surface area contributed by atoms with Crippen molar-refractivity contribution in [3.63, 3.8) is 0 Å². The highest BCUT2D eigenvalue weighted by atomic mass is 35.5. The highest BCUT2D eigenvalue weighted by Gasteiger charge is 2.29. The van der Waals surface area contributed by atoms with Crippen LogP contribution in [0.2, 0.25) is 10.2 Å². The average molecular weight is 562 g/mol. The third-order valence-electron chi connectivity index (χ3n) is 6.65. The molecule has 0 amide bonds. The maximum absolute atomic E-state index is 13.5. The van der Waals surface area contributed by atoms with Gasteiger partial charge in [0.25, 0.3) is 5.56 Å². The molecule has 11 nitrogen and oxygen atoms in total. The van der Waals surface area contributed by atoms with E-state index in [0.717, 1.165) is 28.1 Å². The molecule has 0 unspecified atom stereocenters. The molecule has 13 heteroatoms. The Morgan fingerprint density at radius 2 is 1.95 bits per heavy atom. The number of tetrazole rings is 1. The van der Waals surface area contributed by atoms with E-state index in [4.69, 9.17) is 28.4 Å². The normalized spacial score (nSPS) is 14.9. The van der Waals surface area contributed by atoms with Crippen LogP contribution in [0.15, 0.2) is 70.9 Å². The number of aryl methyl sites for hydroxylation is 1. The summed E-state index contributed by atoms with van der Waals surface area (Å²) in [5.74, 6) is 0.971. The minimum Gasteiger partial charge on any atom is -0.409 e. The van der Waals surface area contributed by atoms with Crippen molar-refractivity contribution in [2.24, 2.45) is 5.16 Å². The Bertz CT molecular complexity index is 1760. The van der Waals surface area contributed by atoms with Crippen molar-refractivity contribution < 1.29 is 5.21 Å². The number of halogens is 2. The molecule has 0 fully saturated rings. The number of aromatic amines is 1. The molecule has 0 saturated heterocycles. The molecule has 2 aromatic carbocycles. The molecule has 1 atom stereocenters. The van der Waals surface area contributed by atoms with Crippen molar-refractivity contribution in [1.82, 2.24) is 34.7 Å². The highest BCUT2D eigenvalue weighted by Crippen LogP contribution is 2.37. The van der Waals surface area contributed by atoms with Gasteiger partial charge in [-0.3, -0.25) is 4.79 Å². The van der Waals surface area contributed by atoms with E-state index in [2.05, 4.69) is 36.0 Å². The van der Waals surface area contributed by atoms with E-state index >= 15 is 0 Å². The van der Waals surface area contributed by atoms with Crippen molar-refractivity contribution in [3.8, 4) is 28.2 Å². The Kier molecular flexibility index (Phi) is 6.37. The quantitative estimate of drug-likeness (QED) is 0.119. The summed E-state index contributed by atoms with van der Waals surface area (Å²) in [5, 5.41) is 27.2. The first-order valence-corrected chi connectivity index (χ1v) is 12.8. The molecule has 196 valence electrons. The van der Waals surface area contributed by atoms with Crippen LogP contribution in [0.3, 0.4) is 0 Å². The lowest BCUT2D eigenvalue weighted by Gasteiger charge is -2.15. The van der Waals surface area contributed by atoms with Crippen LogP contribution in [-0.4, -0.2) is 45.8 Å². The summed E-state index contributed by atoms with van der Waals surface area (Å²) >= 11 is 12.9. The zero-order valence-corrected chi connectivity index (χ0v) is 22.0. The number of nitrogens with zero attached hydrogens (tertiary/aromatic N) is 7. The monoisotopic (exact) mass is 561 g/mol. The van der Waals surface area contributed by atoms with Gasteiger partial charge in [-0.1, -0.05) is 28.4 Å². The first kappa shape index (κ1) is 24.8. The molecular formula is C26H21Cl2N9O2. The lowest BCUT2D eigenvalue weighted by molar-refractivity contribution is 0.318. The standard InChI is InChI=1S/C26H21Cl2N9O2/c1-14(33-39)30-18-5-2-15(3-6-18)26-31-24(25(28)32-26)22-9-7-19-10-16(11-23(38)37(19)22)20-12-17(27)4-8-21(20)36-13-29-34-35-36/h2-6,8,10-13,22,39H,7,9H2,1H3,(H,30,33)(H,31,32)/t22-/m0/s1. The molecule has 5 aromatic rings. The molecule has 39 heavy (non-hydrogen) atoms. The summed E-state index contributed by atoms with van der Waals surface area (Å²) < 4.78 is 3.30. The molecule has 0 aliphatic carbocycles. The number of oxime groups is 1. The van der Waals surface area contributed by atoms with Gasteiger partial charge in [-0.25, -0.2) is 4.98 Å². The predicted molar refractivity (Wildman–Crippen MR) is 148 cm³/mol. The molecule has 3 aromatic heterocycles. The molecular weight excluding hydrogens is 541 g/mol.